The van der Waals surface area contributed by atoms with Crippen LogP contribution in [0.2, 0.25) is 0 Å². The fourth-order valence-corrected chi connectivity index (χ4v) is 0.739. The molecule has 0 aromatic carbocycles. The molecule has 8 N–H and O–H groups in total. The van der Waals surface area contributed by atoms with Gasteiger partial charge in [0, 0.05) is 0 Å². The van der Waals surface area contributed by atoms with Crippen molar-refractivity contribution in [1.82, 2.24) is 0 Å². The highest BCUT2D eigenvalue weighted by molar-refractivity contribution is 4.79. The van der Waals surface area contributed by atoms with E-state index in [1.807, 2.05) is 0 Å². The van der Waals surface area contributed by atoms with Crippen LogP contribution in [0.3, 0.4) is 0 Å². The summed E-state index contributed by atoms with van der Waals surface area (Å²) in [7, 11) is 0. The average Bonchev–Trinajstić information content (AvgIpc) is 2.36. The van der Waals surface area contributed by atoms with E-state index in [9.17, 15) is 0 Å². The summed E-state index contributed by atoms with van der Waals surface area (Å²) >= 11 is 0. The van der Waals surface area contributed by atoms with Crippen LogP contribution in [-0.4, -0.2) is 73.7 Å². The van der Waals surface area contributed by atoms with Crippen molar-refractivity contribution in [1.29, 1.82) is 0 Å². The fraction of sp³-hybridized carbons (Fsp3) is 0.600. The van der Waals surface area contributed by atoms with Crippen molar-refractivity contribution in [2.45, 2.75) is 24.4 Å². The molecule has 18 heavy (non-hydrogen) atoms. The van der Waals surface area contributed by atoms with Crippen molar-refractivity contribution in [2.75, 3.05) is 13.2 Å². The molecule has 0 heterocycles. The van der Waals surface area contributed by atoms with Gasteiger partial charge in [-0.05, 0) is 0 Å². The van der Waals surface area contributed by atoms with Crippen LogP contribution in [0.4, 0.5) is 0 Å². The van der Waals surface area contributed by atoms with Gasteiger partial charge in [0.05, 0.1) is 25.7 Å². The lowest BCUT2D eigenvalue weighted by atomic mass is 10.0. The number of hydrogen-bond donors (Lipinski definition) is 6. The Morgan fingerprint density at radius 3 is 1.22 bits per heavy atom. The first kappa shape index (κ1) is 22.2. The van der Waals surface area contributed by atoms with Crippen LogP contribution >= 0.6 is 0 Å². The third-order valence-electron chi connectivity index (χ3n) is 1.70. The average molecular weight is 270 g/mol. The Morgan fingerprint density at radius 2 is 1.11 bits per heavy atom. The lowest BCUT2D eigenvalue weighted by Gasteiger charge is -2.24. The van der Waals surface area contributed by atoms with Crippen LogP contribution in [0, 0.1) is 0 Å². The molecule has 0 amide bonds. The molecular weight excluding hydrogens is 248 g/mol. The van der Waals surface area contributed by atoms with Crippen molar-refractivity contribution < 1.29 is 40.9 Å². The molecule has 0 aromatic heterocycles. The SMILES string of the molecule is C=COC=C.O.OCC(O)C(O)C(O)C(O)CO. The van der Waals surface area contributed by atoms with Crippen LogP contribution in [0.15, 0.2) is 25.7 Å². The number of aliphatic hydroxyl groups excluding tert-OH is 6. The van der Waals surface area contributed by atoms with Gasteiger partial charge in [-0.25, -0.2) is 0 Å². The number of hydrogen-bond acceptors (Lipinski definition) is 7. The van der Waals surface area contributed by atoms with Gasteiger partial charge >= 0.3 is 0 Å². The fourth-order valence-electron chi connectivity index (χ4n) is 0.739. The molecule has 0 radical (unpaired) electrons. The van der Waals surface area contributed by atoms with E-state index in [0.717, 1.165) is 0 Å². The minimum atomic E-state index is -1.67. The smallest absolute Gasteiger partial charge is 0.111 e. The van der Waals surface area contributed by atoms with Crippen molar-refractivity contribution in [2.24, 2.45) is 0 Å². The summed E-state index contributed by atoms with van der Waals surface area (Å²) in [5, 5.41) is 52.2. The second-order valence-electron chi connectivity index (χ2n) is 2.95. The molecule has 0 rings (SSSR count). The van der Waals surface area contributed by atoms with E-state index in [4.69, 9.17) is 30.6 Å². The van der Waals surface area contributed by atoms with Gasteiger partial charge in [-0.1, -0.05) is 13.2 Å². The molecular formula is C10H22O8. The largest absolute Gasteiger partial charge is 0.474 e. The maximum atomic E-state index is 8.96. The summed E-state index contributed by atoms with van der Waals surface area (Å²) < 4.78 is 4.36. The topological polar surface area (TPSA) is 162 Å². The summed E-state index contributed by atoms with van der Waals surface area (Å²) in [5.74, 6) is 0. The van der Waals surface area contributed by atoms with Crippen LogP contribution < -0.4 is 0 Å². The highest BCUT2D eigenvalue weighted by Crippen LogP contribution is 2.03. The molecule has 0 aliphatic carbocycles. The zero-order chi connectivity index (χ0) is 13.8. The molecule has 0 aliphatic rings. The van der Waals surface area contributed by atoms with E-state index in [-0.39, 0.29) is 5.48 Å². The Hall–Kier alpha value is -1.00. The Labute approximate surface area is 105 Å². The Kier molecular flexibility index (Phi) is 17.3. The van der Waals surface area contributed by atoms with Crippen molar-refractivity contribution in [3.05, 3.63) is 25.7 Å². The first-order valence-electron chi connectivity index (χ1n) is 4.77. The maximum absolute atomic E-state index is 8.96. The monoisotopic (exact) mass is 270 g/mol. The normalized spacial score (nSPS) is 15.9. The summed E-state index contributed by atoms with van der Waals surface area (Å²) in [5.41, 5.74) is 0. The van der Waals surface area contributed by atoms with Crippen LogP contribution in [0.1, 0.15) is 0 Å². The van der Waals surface area contributed by atoms with E-state index < -0.39 is 37.6 Å². The van der Waals surface area contributed by atoms with E-state index in [1.54, 1.807) is 0 Å². The van der Waals surface area contributed by atoms with Crippen molar-refractivity contribution in [3.8, 4) is 0 Å². The van der Waals surface area contributed by atoms with Crippen molar-refractivity contribution >= 4 is 0 Å². The molecule has 0 fully saturated rings. The Bertz CT molecular complexity index is 178. The van der Waals surface area contributed by atoms with E-state index in [1.165, 1.54) is 12.5 Å². The summed E-state index contributed by atoms with van der Waals surface area (Å²) in [4.78, 5) is 0. The molecule has 8 nitrogen and oxygen atoms in total. The van der Waals surface area contributed by atoms with Gasteiger partial charge < -0.3 is 40.9 Å². The number of aliphatic hydroxyl groups is 6. The van der Waals surface area contributed by atoms with Crippen molar-refractivity contribution in [3.63, 3.8) is 0 Å². The molecule has 0 saturated heterocycles. The van der Waals surface area contributed by atoms with Gasteiger partial charge in [0.15, 0.2) is 0 Å². The summed E-state index contributed by atoms with van der Waals surface area (Å²) in [6.07, 6.45) is -3.77. The zero-order valence-corrected chi connectivity index (χ0v) is 9.88. The predicted octanol–water partition coefficient (Wildman–Crippen LogP) is -3.12. The molecule has 8 heteroatoms. The Morgan fingerprint density at radius 1 is 0.833 bits per heavy atom. The molecule has 0 spiro atoms. The van der Waals surface area contributed by atoms with Crippen LogP contribution in [-0.2, 0) is 4.74 Å². The quantitative estimate of drug-likeness (QED) is 0.266. The first-order valence-corrected chi connectivity index (χ1v) is 4.77. The lowest BCUT2D eigenvalue weighted by Crippen LogP contribution is -2.46. The minimum absolute atomic E-state index is 0. The standard InChI is InChI=1S/C6H14O6.C4H6O.H2O/c7-1-3(9)5(11)6(12)4(10)2-8;1-3-5-4-2;/h3-12H,1-2H2;3-4H,1-2H2;1H2. The second kappa shape index (κ2) is 14.1. The number of ether oxygens (including phenoxy) is 1. The van der Waals surface area contributed by atoms with Gasteiger partial charge in [0.2, 0.25) is 0 Å². The highest BCUT2D eigenvalue weighted by Gasteiger charge is 2.29. The van der Waals surface area contributed by atoms with E-state index in [0.29, 0.717) is 0 Å². The van der Waals surface area contributed by atoms with Crippen LogP contribution in [0.5, 0.6) is 0 Å². The summed E-state index contributed by atoms with van der Waals surface area (Å²) in [6, 6.07) is 0. The maximum Gasteiger partial charge on any atom is 0.111 e. The van der Waals surface area contributed by atoms with Gasteiger partial charge in [-0.3, -0.25) is 0 Å². The molecule has 0 bridgehead atoms. The minimum Gasteiger partial charge on any atom is -0.474 e. The highest BCUT2D eigenvalue weighted by atomic mass is 16.5. The molecule has 4 unspecified atom stereocenters. The molecule has 0 saturated carbocycles. The number of rotatable bonds is 7. The van der Waals surface area contributed by atoms with E-state index >= 15 is 0 Å². The Balaban J connectivity index is -0.000000321. The van der Waals surface area contributed by atoms with Gasteiger partial charge in [-0.2, -0.15) is 0 Å². The zero-order valence-electron chi connectivity index (χ0n) is 9.88. The third kappa shape index (κ3) is 10.2. The summed E-state index contributed by atoms with van der Waals surface area (Å²) in [6.45, 7) is 5.06. The first-order chi connectivity index (χ1) is 7.95. The van der Waals surface area contributed by atoms with E-state index in [2.05, 4.69) is 17.9 Å². The van der Waals surface area contributed by atoms with Gasteiger partial charge in [0.1, 0.15) is 24.4 Å². The van der Waals surface area contributed by atoms with Gasteiger partial charge in [-0.15, -0.1) is 0 Å². The van der Waals surface area contributed by atoms with Gasteiger partial charge in [0.25, 0.3) is 0 Å². The molecule has 4 atom stereocenters. The molecule has 110 valence electrons. The van der Waals surface area contributed by atoms with Crippen LogP contribution in [0.25, 0.3) is 0 Å². The second-order valence-corrected chi connectivity index (χ2v) is 2.95. The molecule has 0 aliphatic heterocycles. The molecule has 0 aromatic rings. The predicted molar refractivity (Wildman–Crippen MR) is 63.3 cm³/mol. The third-order valence-corrected chi connectivity index (χ3v) is 1.70. The lowest BCUT2D eigenvalue weighted by molar-refractivity contribution is -0.123.